The number of rotatable bonds is 0. The SMILES string of the molecule is Br.Br.Oc1ccccc1.Oc1ccccc1.[Ti]. The molecule has 2 N–H and O–H groups in total. The topological polar surface area (TPSA) is 40.5 Å². The third kappa shape index (κ3) is 12.0. The van der Waals surface area contributed by atoms with Crippen molar-refractivity contribution in [1.82, 2.24) is 0 Å². The van der Waals surface area contributed by atoms with Gasteiger partial charge in [0.05, 0.1) is 0 Å². The van der Waals surface area contributed by atoms with Gasteiger partial charge >= 0.3 is 0 Å². The Labute approximate surface area is 137 Å². The van der Waals surface area contributed by atoms with Crippen molar-refractivity contribution < 1.29 is 31.9 Å². The Bertz CT molecular complexity index is 320. The normalized spacial score (nSPS) is 7.06. The summed E-state index contributed by atoms with van der Waals surface area (Å²) < 4.78 is 0. The first-order valence-corrected chi connectivity index (χ1v) is 4.27. The molecule has 0 fully saturated rings. The van der Waals surface area contributed by atoms with E-state index in [2.05, 4.69) is 0 Å². The van der Waals surface area contributed by atoms with E-state index in [0.29, 0.717) is 11.5 Å². The van der Waals surface area contributed by atoms with E-state index in [1.807, 2.05) is 12.1 Å². The van der Waals surface area contributed by atoms with E-state index >= 15 is 0 Å². The van der Waals surface area contributed by atoms with Crippen molar-refractivity contribution in [2.45, 2.75) is 0 Å². The number of halogens is 2. The number of aromatic hydroxyl groups is 2. The van der Waals surface area contributed by atoms with Crippen molar-refractivity contribution in [3.63, 3.8) is 0 Å². The molecule has 0 aliphatic heterocycles. The summed E-state index contributed by atoms with van der Waals surface area (Å²) in [5.74, 6) is 0.644. The molecule has 0 aromatic heterocycles. The van der Waals surface area contributed by atoms with Crippen LogP contribution in [0.2, 0.25) is 0 Å². The van der Waals surface area contributed by atoms with E-state index in [-0.39, 0.29) is 55.7 Å². The van der Waals surface area contributed by atoms with Crippen LogP contribution in [-0.4, -0.2) is 10.2 Å². The van der Waals surface area contributed by atoms with Gasteiger partial charge in [0, 0.05) is 21.7 Å². The number of phenolic OH excluding ortho intramolecular Hbond substituents is 2. The summed E-state index contributed by atoms with van der Waals surface area (Å²) in [7, 11) is 0. The van der Waals surface area contributed by atoms with Crippen LogP contribution in [0, 0.1) is 0 Å². The van der Waals surface area contributed by atoms with Gasteiger partial charge in [-0.05, 0) is 24.3 Å². The van der Waals surface area contributed by atoms with Crippen molar-refractivity contribution in [2.24, 2.45) is 0 Å². The molecule has 0 spiro atoms. The molecule has 0 unspecified atom stereocenters. The molecule has 0 saturated heterocycles. The Morgan fingerprint density at radius 3 is 0.882 bits per heavy atom. The second kappa shape index (κ2) is 13.8. The molecular formula is C12H14Br2O2Ti. The monoisotopic (exact) mass is 396 g/mol. The van der Waals surface area contributed by atoms with Crippen LogP contribution in [0.25, 0.3) is 0 Å². The molecule has 2 aromatic rings. The first kappa shape index (κ1) is 21.9. The molecule has 0 radical (unpaired) electrons. The molecule has 0 heterocycles. The van der Waals surface area contributed by atoms with Crippen molar-refractivity contribution in [3.05, 3.63) is 60.7 Å². The second-order valence-corrected chi connectivity index (χ2v) is 2.67. The molecule has 0 bridgehead atoms. The summed E-state index contributed by atoms with van der Waals surface area (Å²) in [6, 6.07) is 17.4. The predicted molar refractivity (Wildman–Crippen MR) is 76.9 cm³/mol. The molecule has 0 amide bonds. The van der Waals surface area contributed by atoms with E-state index in [9.17, 15) is 0 Å². The van der Waals surface area contributed by atoms with E-state index in [1.165, 1.54) is 0 Å². The van der Waals surface area contributed by atoms with Crippen LogP contribution < -0.4 is 0 Å². The molecule has 0 aliphatic carbocycles. The van der Waals surface area contributed by atoms with Crippen molar-refractivity contribution in [1.29, 1.82) is 0 Å². The Hall–Kier alpha value is -0.286. The number of phenols is 2. The quantitative estimate of drug-likeness (QED) is 0.661. The van der Waals surface area contributed by atoms with Crippen LogP contribution in [0.15, 0.2) is 60.7 Å². The molecule has 17 heavy (non-hydrogen) atoms. The Kier molecular flexibility index (Phi) is 17.8. The first-order chi connectivity index (χ1) is 6.79. The first-order valence-electron chi connectivity index (χ1n) is 4.27. The maximum Gasteiger partial charge on any atom is 0.115 e. The standard InChI is InChI=1S/2C6H6O.2BrH.Ti/c2*7-6-4-2-1-3-5-6;;;/h2*1-5,7H;2*1H;. The van der Waals surface area contributed by atoms with Crippen molar-refractivity contribution in [3.8, 4) is 11.5 Å². The van der Waals surface area contributed by atoms with Gasteiger partial charge in [-0.2, -0.15) is 0 Å². The third-order valence-corrected chi connectivity index (χ3v) is 1.51. The summed E-state index contributed by atoms with van der Waals surface area (Å²) >= 11 is 0. The van der Waals surface area contributed by atoms with Gasteiger partial charge < -0.3 is 10.2 Å². The molecule has 0 atom stereocenters. The predicted octanol–water partition coefficient (Wildman–Crippen LogP) is 3.94. The summed E-state index contributed by atoms with van der Waals surface area (Å²) in [4.78, 5) is 0. The van der Waals surface area contributed by atoms with Gasteiger partial charge in [-0.15, -0.1) is 34.0 Å². The van der Waals surface area contributed by atoms with Gasteiger partial charge in [0.25, 0.3) is 0 Å². The van der Waals surface area contributed by atoms with Crippen LogP contribution in [0.5, 0.6) is 11.5 Å². The van der Waals surface area contributed by atoms with Crippen molar-refractivity contribution in [2.75, 3.05) is 0 Å². The molecule has 92 valence electrons. The Morgan fingerprint density at radius 1 is 0.529 bits per heavy atom. The van der Waals surface area contributed by atoms with Crippen LogP contribution in [0.1, 0.15) is 0 Å². The molecule has 2 rings (SSSR count). The van der Waals surface area contributed by atoms with E-state index in [0.717, 1.165) is 0 Å². The van der Waals surface area contributed by atoms with Crippen LogP contribution >= 0.6 is 34.0 Å². The fourth-order valence-electron chi connectivity index (χ4n) is 0.856. The minimum absolute atomic E-state index is 0. The van der Waals surface area contributed by atoms with E-state index in [4.69, 9.17) is 10.2 Å². The number of hydrogen-bond donors (Lipinski definition) is 2. The largest absolute Gasteiger partial charge is 0.508 e. The Balaban J connectivity index is -0.000000196. The maximum absolute atomic E-state index is 8.63. The summed E-state index contributed by atoms with van der Waals surface area (Å²) in [6.07, 6.45) is 0. The van der Waals surface area contributed by atoms with Crippen molar-refractivity contribution >= 4 is 34.0 Å². The van der Waals surface area contributed by atoms with Gasteiger partial charge in [-0.3, -0.25) is 0 Å². The zero-order chi connectivity index (χ0) is 10.2. The zero-order valence-electron chi connectivity index (χ0n) is 8.98. The summed E-state index contributed by atoms with van der Waals surface area (Å²) in [5.41, 5.74) is 0. The molecular weight excluding hydrogens is 384 g/mol. The fourth-order valence-corrected chi connectivity index (χ4v) is 0.856. The van der Waals surface area contributed by atoms with Crippen LogP contribution in [0.3, 0.4) is 0 Å². The van der Waals surface area contributed by atoms with Gasteiger partial charge in [0.15, 0.2) is 0 Å². The van der Waals surface area contributed by atoms with Gasteiger partial charge in [0.2, 0.25) is 0 Å². The second-order valence-electron chi connectivity index (χ2n) is 2.67. The number of hydrogen-bond acceptors (Lipinski definition) is 2. The molecule has 2 nitrogen and oxygen atoms in total. The van der Waals surface area contributed by atoms with Crippen LogP contribution in [0.4, 0.5) is 0 Å². The van der Waals surface area contributed by atoms with E-state index in [1.54, 1.807) is 48.5 Å². The maximum atomic E-state index is 8.63. The third-order valence-electron chi connectivity index (χ3n) is 1.51. The van der Waals surface area contributed by atoms with Crippen LogP contribution in [-0.2, 0) is 21.7 Å². The minimum Gasteiger partial charge on any atom is -0.508 e. The molecule has 5 heteroatoms. The van der Waals surface area contributed by atoms with Gasteiger partial charge in [-0.25, -0.2) is 0 Å². The van der Waals surface area contributed by atoms with Gasteiger partial charge in [0.1, 0.15) is 11.5 Å². The average molecular weight is 398 g/mol. The molecule has 2 aromatic carbocycles. The molecule has 0 saturated carbocycles. The van der Waals surface area contributed by atoms with Gasteiger partial charge in [-0.1, -0.05) is 36.4 Å². The minimum atomic E-state index is 0. The smallest absolute Gasteiger partial charge is 0.115 e. The van der Waals surface area contributed by atoms with E-state index < -0.39 is 0 Å². The summed E-state index contributed by atoms with van der Waals surface area (Å²) in [6.45, 7) is 0. The number of para-hydroxylation sites is 2. The zero-order valence-corrected chi connectivity index (χ0v) is 14.0. The molecule has 0 aliphatic rings. The number of benzene rings is 2. The fraction of sp³-hybridized carbons (Fsp3) is 0. The Morgan fingerprint density at radius 2 is 0.765 bits per heavy atom. The average Bonchev–Trinajstić information content (AvgIpc) is 2.21. The summed E-state index contributed by atoms with van der Waals surface area (Å²) in [5, 5.41) is 17.3.